The van der Waals surface area contributed by atoms with E-state index >= 15 is 0 Å². The average Bonchev–Trinajstić information content (AvgIpc) is 3.25. The first-order chi connectivity index (χ1) is 11.7. The molecular formula is C21H34N2O. The van der Waals surface area contributed by atoms with Gasteiger partial charge >= 0.3 is 0 Å². The number of amides is 1. The van der Waals surface area contributed by atoms with Crippen LogP contribution in [0.3, 0.4) is 0 Å². The molecule has 1 amide bonds. The second-order valence-electron chi connectivity index (χ2n) is 7.03. The van der Waals surface area contributed by atoms with Gasteiger partial charge in [-0.2, -0.15) is 0 Å². The number of fused-ring (bicyclic) bond motifs is 1. The van der Waals surface area contributed by atoms with E-state index in [1.54, 1.807) is 0 Å². The summed E-state index contributed by atoms with van der Waals surface area (Å²) < 4.78 is 0. The lowest BCUT2D eigenvalue weighted by atomic mass is 10.0. The van der Waals surface area contributed by atoms with Crippen LogP contribution in [0.2, 0.25) is 0 Å². The van der Waals surface area contributed by atoms with Gasteiger partial charge in [0, 0.05) is 12.2 Å². The molecule has 1 aromatic carbocycles. The Kier molecular flexibility index (Phi) is 8.31. The summed E-state index contributed by atoms with van der Waals surface area (Å²) in [6.45, 7) is 7.88. The normalized spacial score (nSPS) is 15.9. The van der Waals surface area contributed by atoms with Crippen LogP contribution in [0.4, 0.5) is 5.69 Å². The lowest BCUT2D eigenvalue weighted by Crippen LogP contribution is -2.28. The molecule has 3 heteroatoms. The molecule has 1 N–H and O–H groups in total. The molecule has 24 heavy (non-hydrogen) atoms. The summed E-state index contributed by atoms with van der Waals surface area (Å²) in [6.07, 6.45) is 11.5. The zero-order valence-electron chi connectivity index (χ0n) is 15.6. The monoisotopic (exact) mass is 330 g/mol. The van der Waals surface area contributed by atoms with Crippen molar-refractivity contribution < 1.29 is 4.79 Å². The van der Waals surface area contributed by atoms with Gasteiger partial charge in [0.25, 0.3) is 0 Å². The maximum Gasteiger partial charge on any atom is 0.228 e. The smallest absolute Gasteiger partial charge is 0.228 e. The van der Waals surface area contributed by atoms with Crippen molar-refractivity contribution in [2.45, 2.75) is 71.6 Å². The van der Waals surface area contributed by atoms with Crippen LogP contribution in [-0.4, -0.2) is 30.4 Å². The van der Waals surface area contributed by atoms with Crippen LogP contribution in [0, 0.1) is 0 Å². The third-order valence-electron chi connectivity index (χ3n) is 4.91. The van der Waals surface area contributed by atoms with Gasteiger partial charge < -0.3 is 10.2 Å². The Hall–Kier alpha value is -1.35. The summed E-state index contributed by atoms with van der Waals surface area (Å²) in [6, 6.07) is 6.21. The van der Waals surface area contributed by atoms with Gasteiger partial charge in [0.2, 0.25) is 5.91 Å². The van der Waals surface area contributed by atoms with E-state index in [-0.39, 0.29) is 5.91 Å². The van der Waals surface area contributed by atoms with E-state index in [0.717, 1.165) is 18.7 Å². The summed E-state index contributed by atoms with van der Waals surface area (Å²) in [5, 5.41) is 2.92. The molecule has 0 spiro atoms. The van der Waals surface area contributed by atoms with Crippen LogP contribution >= 0.6 is 0 Å². The Morgan fingerprint density at radius 1 is 0.958 bits per heavy atom. The Bertz CT molecular complexity index is 495. The summed E-state index contributed by atoms with van der Waals surface area (Å²) in [7, 11) is 0. The summed E-state index contributed by atoms with van der Waals surface area (Å²) in [5.41, 5.74) is 3.55. The molecule has 0 atom stereocenters. The van der Waals surface area contributed by atoms with Gasteiger partial charge in [-0.15, -0.1) is 0 Å². The van der Waals surface area contributed by atoms with E-state index in [1.165, 1.54) is 69.2 Å². The summed E-state index contributed by atoms with van der Waals surface area (Å²) >= 11 is 0. The minimum atomic E-state index is 0.126. The van der Waals surface area contributed by atoms with Crippen molar-refractivity contribution in [1.82, 2.24) is 4.90 Å². The minimum absolute atomic E-state index is 0.126. The van der Waals surface area contributed by atoms with E-state index in [1.807, 2.05) is 12.1 Å². The Morgan fingerprint density at radius 3 is 2.17 bits per heavy atom. The molecule has 0 bridgehead atoms. The number of hydrogen-bond acceptors (Lipinski definition) is 2. The SMILES string of the molecule is C1CCCC1.CCCN(CCC)CCc1cccc2c1CC(=O)N2. The van der Waals surface area contributed by atoms with Crippen LogP contribution in [0.15, 0.2) is 18.2 Å². The average molecular weight is 331 g/mol. The lowest BCUT2D eigenvalue weighted by molar-refractivity contribution is -0.115. The first-order valence-electron chi connectivity index (χ1n) is 9.87. The molecule has 1 aliphatic heterocycles. The lowest BCUT2D eigenvalue weighted by Gasteiger charge is -2.21. The molecule has 0 unspecified atom stereocenters. The molecule has 1 saturated carbocycles. The topological polar surface area (TPSA) is 32.3 Å². The van der Waals surface area contributed by atoms with Gasteiger partial charge in [0.15, 0.2) is 0 Å². The predicted octanol–water partition coefficient (Wildman–Crippen LogP) is 4.80. The van der Waals surface area contributed by atoms with E-state index < -0.39 is 0 Å². The predicted molar refractivity (Wildman–Crippen MR) is 103 cm³/mol. The van der Waals surface area contributed by atoms with E-state index in [0.29, 0.717) is 6.42 Å². The second-order valence-corrected chi connectivity index (χ2v) is 7.03. The van der Waals surface area contributed by atoms with Crippen molar-refractivity contribution in [2.75, 3.05) is 25.0 Å². The van der Waals surface area contributed by atoms with E-state index in [2.05, 4.69) is 30.1 Å². The Morgan fingerprint density at radius 2 is 1.58 bits per heavy atom. The van der Waals surface area contributed by atoms with Gasteiger partial charge in [-0.25, -0.2) is 0 Å². The van der Waals surface area contributed by atoms with Gasteiger partial charge in [-0.1, -0.05) is 58.1 Å². The molecule has 1 heterocycles. The Labute approximate surface area is 147 Å². The van der Waals surface area contributed by atoms with Crippen molar-refractivity contribution in [2.24, 2.45) is 0 Å². The number of anilines is 1. The molecule has 3 rings (SSSR count). The highest BCUT2D eigenvalue weighted by atomic mass is 16.1. The summed E-state index contributed by atoms with van der Waals surface area (Å²) in [4.78, 5) is 14.0. The molecule has 0 radical (unpaired) electrons. The summed E-state index contributed by atoms with van der Waals surface area (Å²) in [5.74, 6) is 0.126. The fourth-order valence-corrected chi connectivity index (χ4v) is 3.68. The Balaban J connectivity index is 0.000000355. The van der Waals surface area contributed by atoms with Crippen molar-refractivity contribution in [3.63, 3.8) is 0 Å². The van der Waals surface area contributed by atoms with E-state index in [4.69, 9.17) is 0 Å². The zero-order valence-corrected chi connectivity index (χ0v) is 15.6. The van der Waals surface area contributed by atoms with Gasteiger partial charge in [-0.3, -0.25) is 4.79 Å². The van der Waals surface area contributed by atoms with Gasteiger partial charge in [-0.05, 0) is 49.5 Å². The maximum atomic E-state index is 11.5. The highest BCUT2D eigenvalue weighted by Gasteiger charge is 2.20. The standard InChI is InChI=1S/C16H24N2O.C5H10/c1-3-9-18(10-4-2)11-8-13-6-5-7-15-14(13)12-16(19)17-15;1-2-4-5-3-1/h5-7H,3-4,8-12H2,1-2H3,(H,17,19);1-5H2. The number of benzene rings is 1. The van der Waals surface area contributed by atoms with Gasteiger partial charge in [0.05, 0.1) is 6.42 Å². The van der Waals surface area contributed by atoms with Crippen molar-refractivity contribution in [3.8, 4) is 0 Å². The van der Waals surface area contributed by atoms with Crippen molar-refractivity contribution in [1.29, 1.82) is 0 Å². The van der Waals surface area contributed by atoms with Gasteiger partial charge in [0.1, 0.15) is 0 Å². The number of hydrogen-bond donors (Lipinski definition) is 1. The van der Waals surface area contributed by atoms with Crippen LogP contribution < -0.4 is 5.32 Å². The molecule has 134 valence electrons. The van der Waals surface area contributed by atoms with Crippen molar-refractivity contribution >= 4 is 11.6 Å². The second kappa shape index (κ2) is 10.5. The quantitative estimate of drug-likeness (QED) is 0.779. The van der Waals surface area contributed by atoms with Crippen molar-refractivity contribution in [3.05, 3.63) is 29.3 Å². The van der Waals surface area contributed by atoms with Crippen LogP contribution in [-0.2, 0) is 17.6 Å². The van der Waals surface area contributed by atoms with Crippen LogP contribution in [0.1, 0.15) is 69.9 Å². The molecule has 0 saturated heterocycles. The number of nitrogens with one attached hydrogen (secondary N) is 1. The van der Waals surface area contributed by atoms with Crippen LogP contribution in [0.5, 0.6) is 0 Å². The molecule has 0 aromatic heterocycles. The van der Waals surface area contributed by atoms with E-state index in [9.17, 15) is 4.79 Å². The van der Waals surface area contributed by atoms with Crippen LogP contribution in [0.25, 0.3) is 0 Å². The maximum absolute atomic E-state index is 11.5. The first kappa shape index (κ1) is 19.0. The molecule has 1 aliphatic carbocycles. The number of nitrogens with zero attached hydrogens (tertiary/aromatic N) is 1. The number of carbonyl (C=O) groups excluding carboxylic acids is 1. The highest BCUT2D eigenvalue weighted by Crippen LogP contribution is 2.26. The minimum Gasteiger partial charge on any atom is -0.326 e. The first-order valence-corrected chi connectivity index (χ1v) is 9.87. The zero-order chi connectivity index (χ0) is 17.2. The molecular weight excluding hydrogens is 296 g/mol. The molecule has 1 fully saturated rings. The highest BCUT2D eigenvalue weighted by molar-refractivity contribution is 5.99. The fourth-order valence-electron chi connectivity index (χ4n) is 3.68. The number of rotatable bonds is 7. The third-order valence-corrected chi connectivity index (χ3v) is 4.91. The molecule has 2 aliphatic rings. The fraction of sp³-hybridized carbons (Fsp3) is 0.667. The number of carbonyl (C=O) groups is 1. The molecule has 3 nitrogen and oxygen atoms in total. The molecule has 1 aromatic rings. The largest absolute Gasteiger partial charge is 0.326 e. The third kappa shape index (κ3) is 5.94.